The first kappa shape index (κ1) is 16.3. The molecular formula is C12H17FN2O3. The Morgan fingerprint density at radius 1 is 1.72 bits per heavy atom. The molecule has 0 heterocycles. The lowest BCUT2D eigenvalue weighted by molar-refractivity contribution is -0.468. The number of nitrogens with two attached hydrogens (primary N) is 1. The van der Waals surface area contributed by atoms with Gasteiger partial charge in [0.05, 0.1) is 12.1 Å². The summed E-state index contributed by atoms with van der Waals surface area (Å²) in [6, 6.07) is -0.834. The van der Waals surface area contributed by atoms with Crippen LogP contribution in [0.4, 0.5) is 4.39 Å². The molecule has 0 rings (SSSR count). The molecule has 0 aliphatic heterocycles. The molecule has 0 aromatic heterocycles. The molecule has 0 fully saturated rings. The minimum absolute atomic E-state index is 0.316. The van der Waals surface area contributed by atoms with E-state index in [0.29, 0.717) is 12.0 Å². The second-order valence-electron chi connectivity index (χ2n) is 3.50. The van der Waals surface area contributed by atoms with Crippen LogP contribution in [0.2, 0.25) is 0 Å². The highest BCUT2D eigenvalue weighted by atomic mass is 19.1. The number of ether oxygens (including phenoxy) is 1. The van der Waals surface area contributed by atoms with Crippen molar-refractivity contribution >= 4 is 0 Å². The Labute approximate surface area is 106 Å². The van der Waals surface area contributed by atoms with Crippen molar-refractivity contribution in [2.24, 2.45) is 5.73 Å². The van der Waals surface area contributed by atoms with Gasteiger partial charge in [-0.15, -0.1) is 12.3 Å². The van der Waals surface area contributed by atoms with Gasteiger partial charge in [0.15, 0.2) is 0 Å². The van der Waals surface area contributed by atoms with Crippen molar-refractivity contribution in [1.82, 2.24) is 0 Å². The second kappa shape index (κ2) is 9.33. The van der Waals surface area contributed by atoms with Crippen LogP contribution in [0.1, 0.15) is 6.42 Å². The lowest BCUT2D eigenvalue weighted by Crippen LogP contribution is -2.39. The Morgan fingerprint density at radius 2 is 2.39 bits per heavy atom. The molecular weight excluding hydrogens is 239 g/mol. The molecule has 0 spiro atoms. The summed E-state index contributed by atoms with van der Waals surface area (Å²) in [4.78, 5) is 9.73. The summed E-state index contributed by atoms with van der Waals surface area (Å²) < 4.78 is 17.6. The molecule has 6 heteroatoms. The monoisotopic (exact) mass is 256 g/mol. The third kappa shape index (κ3) is 6.13. The van der Waals surface area contributed by atoms with E-state index in [1.54, 1.807) is 6.08 Å². The zero-order chi connectivity index (χ0) is 14.0. The van der Waals surface area contributed by atoms with Crippen molar-refractivity contribution in [1.29, 1.82) is 0 Å². The Balaban J connectivity index is 4.91. The van der Waals surface area contributed by atoms with Gasteiger partial charge in [-0.3, -0.25) is 10.1 Å². The third-order valence-corrected chi connectivity index (χ3v) is 2.17. The Kier molecular flexibility index (Phi) is 8.45. The largest absolute Gasteiger partial charge is 0.375 e. The minimum atomic E-state index is -0.834. The van der Waals surface area contributed by atoms with Gasteiger partial charge in [-0.05, 0) is 11.6 Å². The number of terminal acetylenes is 1. The molecule has 0 aliphatic carbocycles. The van der Waals surface area contributed by atoms with Crippen LogP contribution in [0.25, 0.3) is 0 Å². The Bertz CT molecular complexity index is 361. The van der Waals surface area contributed by atoms with Gasteiger partial charge in [0.2, 0.25) is 6.54 Å². The number of hydrogen-bond acceptors (Lipinski definition) is 4. The van der Waals surface area contributed by atoms with E-state index in [0.717, 1.165) is 0 Å². The number of alkyl halides is 1. The number of nitro groups is 1. The zero-order valence-corrected chi connectivity index (χ0v) is 10.2. The highest BCUT2D eigenvalue weighted by Crippen LogP contribution is 2.13. The van der Waals surface area contributed by atoms with Crippen molar-refractivity contribution in [3.05, 3.63) is 33.9 Å². The molecule has 0 saturated carbocycles. The van der Waals surface area contributed by atoms with Crippen LogP contribution >= 0.6 is 0 Å². The molecule has 2 unspecified atom stereocenters. The van der Waals surface area contributed by atoms with E-state index < -0.39 is 23.7 Å². The van der Waals surface area contributed by atoms with E-state index in [4.69, 9.17) is 16.9 Å². The quantitative estimate of drug-likeness (QED) is 0.305. The van der Waals surface area contributed by atoms with Crippen LogP contribution in [-0.2, 0) is 4.74 Å². The van der Waals surface area contributed by atoms with Gasteiger partial charge in [0, 0.05) is 18.5 Å². The van der Waals surface area contributed by atoms with E-state index in [-0.39, 0.29) is 6.54 Å². The van der Waals surface area contributed by atoms with E-state index in [1.165, 1.54) is 19.3 Å². The van der Waals surface area contributed by atoms with E-state index >= 15 is 0 Å². The summed E-state index contributed by atoms with van der Waals surface area (Å²) in [5.41, 5.74) is 6.12. The molecule has 100 valence electrons. The number of methoxy groups -OCH3 is 1. The first-order chi connectivity index (χ1) is 8.56. The molecule has 0 bridgehead atoms. The molecule has 0 radical (unpaired) electrons. The molecule has 2 atom stereocenters. The van der Waals surface area contributed by atoms with Crippen molar-refractivity contribution < 1.29 is 14.1 Å². The molecule has 5 nitrogen and oxygen atoms in total. The molecule has 2 N–H and O–H groups in total. The summed E-state index contributed by atoms with van der Waals surface area (Å²) in [6.45, 7) is -1.08. The van der Waals surface area contributed by atoms with Crippen molar-refractivity contribution in [2.45, 2.75) is 18.6 Å². The molecule has 0 aliphatic rings. The molecule has 0 aromatic rings. The van der Waals surface area contributed by atoms with E-state index in [9.17, 15) is 14.5 Å². The minimum Gasteiger partial charge on any atom is -0.375 e. The Hall–Kier alpha value is -1.71. The van der Waals surface area contributed by atoms with Crippen LogP contribution in [0.3, 0.4) is 0 Å². The molecule has 18 heavy (non-hydrogen) atoms. The lowest BCUT2D eigenvalue weighted by Gasteiger charge is -2.21. The number of nitrogens with zero attached hydrogens (tertiary/aromatic N) is 1. The van der Waals surface area contributed by atoms with Crippen molar-refractivity contribution in [2.75, 3.05) is 20.3 Å². The van der Waals surface area contributed by atoms with Gasteiger partial charge in [-0.1, -0.05) is 12.2 Å². The maximum Gasteiger partial charge on any atom is 0.222 e. The topological polar surface area (TPSA) is 78.4 Å². The summed E-state index contributed by atoms with van der Waals surface area (Å²) >= 11 is 0. The van der Waals surface area contributed by atoms with Crippen molar-refractivity contribution in [3.8, 4) is 12.3 Å². The van der Waals surface area contributed by atoms with Gasteiger partial charge in [-0.25, -0.2) is 4.39 Å². The highest BCUT2D eigenvalue weighted by Gasteiger charge is 2.19. The summed E-state index contributed by atoms with van der Waals surface area (Å²) in [6.07, 6.45) is 9.25. The van der Waals surface area contributed by atoms with Crippen LogP contribution in [0.15, 0.2) is 23.8 Å². The van der Waals surface area contributed by atoms with Gasteiger partial charge in [-0.2, -0.15) is 0 Å². The fourth-order valence-corrected chi connectivity index (χ4v) is 1.37. The lowest BCUT2D eigenvalue weighted by atomic mass is 10.0. The van der Waals surface area contributed by atoms with Crippen LogP contribution < -0.4 is 5.73 Å². The SMILES string of the molecule is C#CC/C=C(\C=C/C[N+](=O)[O-])C(OC)C(N)CF. The summed E-state index contributed by atoms with van der Waals surface area (Å²) in [5.74, 6) is 2.40. The van der Waals surface area contributed by atoms with Gasteiger partial charge >= 0.3 is 0 Å². The fourth-order valence-electron chi connectivity index (χ4n) is 1.37. The number of rotatable bonds is 8. The average molecular weight is 256 g/mol. The van der Waals surface area contributed by atoms with Gasteiger partial charge in [0.25, 0.3) is 0 Å². The normalized spacial score (nSPS) is 15.3. The highest BCUT2D eigenvalue weighted by molar-refractivity contribution is 5.26. The third-order valence-electron chi connectivity index (χ3n) is 2.17. The molecule has 0 aromatic carbocycles. The van der Waals surface area contributed by atoms with E-state index in [1.807, 2.05) is 0 Å². The van der Waals surface area contributed by atoms with Crippen LogP contribution in [0, 0.1) is 22.5 Å². The zero-order valence-electron chi connectivity index (χ0n) is 10.2. The second-order valence-corrected chi connectivity index (χ2v) is 3.50. The molecule has 0 amide bonds. The summed E-state index contributed by atoms with van der Waals surface area (Å²) in [5, 5.41) is 10.2. The van der Waals surface area contributed by atoms with E-state index in [2.05, 4.69) is 5.92 Å². The fraction of sp³-hybridized carbons (Fsp3) is 0.500. The summed E-state index contributed by atoms with van der Waals surface area (Å²) in [7, 11) is 1.39. The van der Waals surface area contributed by atoms with Gasteiger partial charge in [0.1, 0.15) is 6.67 Å². The first-order valence-corrected chi connectivity index (χ1v) is 5.33. The Morgan fingerprint density at radius 3 is 2.83 bits per heavy atom. The number of allylic oxidation sites excluding steroid dienone is 1. The predicted octanol–water partition coefficient (Wildman–Crippen LogP) is 1.08. The average Bonchev–Trinajstić information content (AvgIpc) is 2.35. The predicted molar refractivity (Wildman–Crippen MR) is 67.3 cm³/mol. The number of hydrogen-bond donors (Lipinski definition) is 1. The molecule has 0 saturated heterocycles. The van der Waals surface area contributed by atoms with Crippen molar-refractivity contribution in [3.63, 3.8) is 0 Å². The smallest absolute Gasteiger partial charge is 0.222 e. The maximum atomic E-state index is 12.6. The standard InChI is InChI=1S/C12H17FN2O3/c1-3-4-6-10(7-5-8-15(16)17)12(18-2)11(14)9-13/h1,5-7,11-12H,4,8-9,14H2,2H3/b7-5-,10-6+. The first-order valence-electron chi connectivity index (χ1n) is 5.33. The van der Waals surface area contributed by atoms with Crippen LogP contribution in [-0.4, -0.2) is 37.4 Å². The van der Waals surface area contributed by atoms with Crippen LogP contribution in [0.5, 0.6) is 0 Å². The number of halogens is 1. The van der Waals surface area contributed by atoms with Gasteiger partial charge < -0.3 is 10.5 Å². The maximum absolute atomic E-state index is 12.6.